The highest BCUT2D eigenvalue weighted by atomic mass is 32.1. The van der Waals surface area contributed by atoms with E-state index in [9.17, 15) is 4.79 Å². The highest BCUT2D eigenvalue weighted by molar-refractivity contribution is 7.12. The largest absolute Gasteiger partial charge is 0.496 e. The summed E-state index contributed by atoms with van der Waals surface area (Å²) in [6.07, 6.45) is 0.991. The second kappa shape index (κ2) is 5.51. The summed E-state index contributed by atoms with van der Waals surface area (Å²) in [5.41, 5.74) is 0. The van der Waals surface area contributed by atoms with Gasteiger partial charge in [0.2, 0.25) is 0 Å². The standard InChI is InChI=1S/C12H18N2O2S/c1-3-4-14(9-6-13-7-9)12(15)11-5-10(16-2)8-17-11/h5,8-9,13H,3-4,6-7H2,1-2H3. The van der Waals surface area contributed by atoms with Crippen molar-refractivity contribution in [3.05, 3.63) is 16.3 Å². The Kier molecular flexibility index (Phi) is 4.02. The van der Waals surface area contributed by atoms with Crippen LogP contribution in [0.5, 0.6) is 5.75 Å². The molecule has 0 radical (unpaired) electrons. The molecule has 94 valence electrons. The molecule has 2 heterocycles. The molecule has 1 aromatic heterocycles. The van der Waals surface area contributed by atoms with Crippen molar-refractivity contribution < 1.29 is 9.53 Å². The minimum absolute atomic E-state index is 0.131. The predicted octanol–water partition coefficient (Wildman–Crippen LogP) is 1.58. The minimum atomic E-state index is 0.131. The van der Waals surface area contributed by atoms with E-state index in [0.717, 1.165) is 36.7 Å². The van der Waals surface area contributed by atoms with Crippen LogP contribution in [0.4, 0.5) is 0 Å². The first-order chi connectivity index (χ1) is 8.26. The maximum atomic E-state index is 12.4. The highest BCUT2D eigenvalue weighted by Gasteiger charge is 2.29. The van der Waals surface area contributed by atoms with E-state index in [1.165, 1.54) is 11.3 Å². The lowest BCUT2D eigenvalue weighted by Crippen LogP contribution is -2.58. The van der Waals surface area contributed by atoms with Crippen molar-refractivity contribution in [2.45, 2.75) is 19.4 Å². The Morgan fingerprint density at radius 1 is 1.65 bits per heavy atom. The minimum Gasteiger partial charge on any atom is -0.496 e. The number of carbonyl (C=O) groups excluding carboxylic acids is 1. The molecule has 2 rings (SSSR count). The summed E-state index contributed by atoms with van der Waals surface area (Å²) in [5.74, 6) is 0.896. The maximum absolute atomic E-state index is 12.4. The zero-order chi connectivity index (χ0) is 12.3. The lowest BCUT2D eigenvalue weighted by atomic mass is 10.1. The van der Waals surface area contributed by atoms with E-state index in [-0.39, 0.29) is 5.91 Å². The van der Waals surface area contributed by atoms with Crippen LogP contribution in [-0.4, -0.2) is 43.6 Å². The number of hydrogen-bond donors (Lipinski definition) is 1. The van der Waals surface area contributed by atoms with Gasteiger partial charge in [-0.3, -0.25) is 4.79 Å². The van der Waals surface area contributed by atoms with E-state index in [4.69, 9.17) is 4.74 Å². The van der Waals surface area contributed by atoms with Crippen LogP contribution in [0.1, 0.15) is 23.0 Å². The Balaban J connectivity index is 2.09. The van der Waals surface area contributed by atoms with Gasteiger partial charge in [-0.15, -0.1) is 11.3 Å². The molecule has 0 bridgehead atoms. The quantitative estimate of drug-likeness (QED) is 0.867. The molecule has 0 spiro atoms. The lowest BCUT2D eigenvalue weighted by molar-refractivity contribution is 0.0620. The SMILES string of the molecule is CCCN(C(=O)c1cc(OC)cs1)C1CNC1. The van der Waals surface area contributed by atoms with Crippen molar-refractivity contribution >= 4 is 17.2 Å². The zero-order valence-electron chi connectivity index (χ0n) is 10.2. The zero-order valence-corrected chi connectivity index (χ0v) is 11.0. The van der Waals surface area contributed by atoms with E-state index in [2.05, 4.69) is 12.2 Å². The van der Waals surface area contributed by atoms with Crippen LogP contribution in [0, 0.1) is 0 Å². The molecule has 1 aliphatic rings. The topological polar surface area (TPSA) is 41.6 Å². The van der Waals surface area contributed by atoms with Gasteiger partial charge in [-0.25, -0.2) is 0 Å². The van der Waals surface area contributed by atoms with Crippen LogP contribution in [-0.2, 0) is 0 Å². The fourth-order valence-corrected chi connectivity index (χ4v) is 2.67. The van der Waals surface area contributed by atoms with E-state index < -0.39 is 0 Å². The van der Waals surface area contributed by atoms with Gasteiger partial charge in [0.1, 0.15) is 5.75 Å². The first-order valence-electron chi connectivity index (χ1n) is 5.90. The molecule has 0 atom stereocenters. The van der Waals surface area contributed by atoms with Crippen LogP contribution in [0.15, 0.2) is 11.4 Å². The van der Waals surface area contributed by atoms with Crippen molar-refractivity contribution in [2.24, 2.45) is 0 Å². The van der Waals surface area contributed by atoms with Gasteiger partial charge in [0, 0.05) is 31.1 Å². The summed E-state index contributed by atoms with van der Waals surface area (Å²) in [5, 5.41) is 5.08. The number of thiophene rings is 1. The van der Waals surface area contributed by atoms with Crippen LogP contribution >= 0.6 is 11.3 Å². The summed E-state index contributed by atoms with van der Waals surface area (Å²) in [4.78, 5) is 15.1. The van der Waals surface area contributed by atoms with Crippen molar-refractivity contribution in [2.75, 3.05) is 26.7 Å². The number of carbonyl (C=O) groups is 1. The Morgan fingerprint density at radius 2 is 2.41 bits per heavy atom. The molecule has 0 saturated carbocycles. The molecule has 17 heavy (non-hydrogen) atoms. The first kappa shape index (κ1) is 12.4. The second-order valence-electron chi connectivity index (χ2n) is 4.16. The Hall–Kier alpha value is -1.07. The average Bonchev–Trinajstić information content (AvgIpc) is 2.73. The Labute approximate surface area is 106 Å². The number of amides is 1. The van der Waals surface area contributed by atoms with Gasteiger partial charge in [-0.1, -0.05) is 6.92 Å². The summed E-state index contributed by atoms with van der Waals surface area (Å²) in [7, 11) is 1.62. The summed E-state index contributed by atoms with van der Waals surface area (Å²) in [6.45, 7) is 4.75. The van der Waals surface area contributed by atoms with Gasteiger partial charge in [0.25, 0.3) is 5.91 Å². The lowest BCUT2D eigenvalue weighted by Gasteiger charge is -2.38. The van der Waals surface area contributed by atoms with Gasteiger partial charge >= 0.3 is 0 Å². The van der Waals surface area contributed by atoms with Crippen LogP contribution < -0.4 is 10.1 Å². The third-order valence-corrected chi connectivity index (χ3v) is 3.84. The van der Waals surface area contributed by atoms with E-state index in [1.54, 1.807) is 7.11 Å². The molecule has 1 fully saturated rings. The normalized spacial score (nSPS) is 15.4. The molecule has 1 aromatic rings. The molecule has 0 aromatic carbocycles. The third-order valence-electron chi connectivity index (χ3n) is 2.95. The van der Waals surface area contributed by atoms with E-state index in [0.29, 0.717) is 6.04 Å². The number of hydrogen-bond acceptors (Lipinski definition) is 4. The number of methoxy groups -OCH3 is 1. The fourth-order valence-electron chi connectivity index (χ4n) is 1.86. The maximum Gasteiger partial charge on any atom is 0.264 e. The summed E-state index contributed by atoms with van der Waals surface area (Å²) < 4.78 is 5.11. The van der Waals surface area contributed by atoms with Gasteiger partial charge < -0.3 is 15.0 Å². The highest BCUT2D eigenvalue weighted by Crippen LogP contribution is 2.23. The molecule has 0 aliphatic carbocycles. The van der Waals surface area contributed by atoms with Crippen molar-refractivity contribution in [3.63, 3.8) is 0 Å². The number of nitrogens with one attached hydrogen (secondary N) is 1. The molecule has 0 unspecified atom stereocenters. The smallest absolute Gasteiger partial charge is 0.264 e. The third kappa shape index (κ3) is 2.61. The monoisotopic (exact) mass is 254 g/mol. The number of rotatable bonds is 5. The number of nitrogens with zero attached hydrogens (tertiary/aromatic N) is 1. The van der Waals surface area contributed by atoms with Crippen LogP contribution in [0.2, 0.25) is 0 Å². The molecule has 1 saturated heterocycles. The molecular formula is C12H18N2O2S. The fraction of sp³-hybridized carbons (Fsp3) is 0.583. The van der Waals surface area contributed by atoms with Crippen LogP contribution in [0.3, 0.4) is 0 Å². The van der Waals surface area contributed by atoms with Gasteiger partial charge in [-0.05, 0) is 6.42 Å². The van der Waals surface area contributed by atoms with E-state index in [1.807, 2.05) is 16.3 Å². The summed E-state index contributed by atoms with van der Waals surface area (Å²) in [6, 6.07) is 2.18. The second-order valence-corrected chi connectivity index (χ2v) is 5.07. The summed E-state index contributed by atoms with van der Waals surface area (Å²) >= 11 is 1.45. The molecule has 5 heteroatoms. The van der Waals surface area contributed by atoms with Gasteiger partial charge in [0.15, 0.2) is 0 Å². The van der Waals surface area contributed by atoms with Crippen molar-refractivity contribution in [1.29, 1.82) is 0 Å². The van der Waals surface area contributed by atoms with Crippen molar-refractivity contribution in [1.82, 2.24) is 10.2 Å². The number of ether oxygens (including phenoxy) is 1. The molecule has 1 aliphatic heterocycles. The Morgan fingerprint density at radius 3 is 2.88 bits per heavy atom. The van der Waals surface area contributed by atoms with Gasteiger partial charge in [0.05, 0.1) is 18.0 Å². The van der Waals surface area contributed by atoms with Gasteiger partial charge in [-0.2, -0.15) is 0 Å². The first-order valence-corrected chi connectivity index (χ1v) is 6.78. The molecular weight excluding hydrogens is 236 g/mol. The Bertz CT molecular complexity index is 388. The van der Waals surface area contributed by atoms with Crippen molar-refractivity contribution in [3.8, 4) is 5.75 Å². The molecule has 1 N–H and O–H groups in total. The molecule has 1 amide bonds. The molecule has 4 nitrogen and oxygen atoms in total. The van der Waals surface area contributed by atoms with Crippen LogP contribution in [0.25, 0.3) is 0 Å². The average molecular weight is 254 g/mol. The van der Waals surface area contributed by atoms with E-state index >= 15 is 0 Å². The predicted molar refractivity (Wildman–Crippen MR) is 68.9 cm³/mol.